The van der Waals surface area contributed by atoms with Crippen LogP contribution in [0.3, 0.4) is 0 Å². The summed E-state index contributed by atoms with van der Waals surface area (Å²) in [6, 6.07) is 4.19. The summed E-state index contributed by atoms with van der Waals surface area (Å²) in [5, 5.41) is 6.74. The molecular formula is C12H14F2N2S. The molecule has 1 aromatic carbocycles. The second-order valence-electron chi connectivity index (χ2n) is 4.29. The highest BCUT2D eigenvalue weighted by Crippen LogP contribution is 2.19. The third kappa shape index (κ3) is 3.36. The predicted molar refractivity (Wildman–Crippen MR) is 66.7 cm³/mol. The van der Waals surface area contributed by atoms with Gasteiger partial charge in [-0.3, -0.25) is 0 Å². The Morgan fingerprint density at radius 1 is 1.35 bits per heavy atom. The van der Waals surface area contributed by atoms with Crippen LogP contribution >= 0.6 is 12.2 Å². The van der Waals surface area contributed by atoms with Crippen LogP contribution in [0, 0.1) is 11.6 Å². The van der Waals surface area contributed by atoms with Crippen molar-refractivity contribution >= 4 is 17.3 Å². The fourth-order valence-corrected chi connectivity index (χ4v) is 1.86. The molecule has 92 valence electrons. The molecule has 0 bridgehead atoms. The number of nitrogens with one attached hydrogen (secondary N) is 2. The summed E-state index contributed by atoms with van der Waals surface area (Å²) >= 11 is 5.12. The number of rotatable bonds is 3. The lowest BCUT2D eigenvalue weighted by molar-refractivity contribution is 0.505. The maximum absolute atomic E-state index is 13.0. The average molecular weight is 256 g/mol. The summed E-state index contributed by atoms with van der Waals surface area (Å²) in [6.45, 7) is 1.85. The van der Waals surface area contributed by atoms with E-state index in [1.165, 1.54) is 6.07 Å². The van der Waals surface area contributed by atoms with Gasteiger partial charge in [-0.1, -0.05) is 6.07 Å². The van der Waals surface area contributed by atoms with Gasteiger partial charge in [-0.25, -0.2) is 8.78 Å². The van der Waals surface area contributed by atoms with Gasteiger partial charge in [-0.2, -0.15) is 0 Å². The predicted octanol–water partition coefficient (Wildman–Crippen LogP) is 2.65. The fourth-order valence-electron chi connectivity index (χ4n) is 1.52. The molecule has 0 heterocycles. The summed E-state index contributed by atoms with van der Waals surface area (Å²) in [4.78, 5) is 0. The van der Waals surface area contributed by atoms with Crippen LogP contribution in [0.4, 0.5) is 8.78 Å². The smallest absolute Gasteiger partial charge is 0.166 e. The van der Waals surface area contributed by atoms with Crippen molar-refractivity contribution in [3.63, 3.8) is 0 Å². The third-order valence-corrected chi connectivity index (χ3v) is 2.94. The SMILES string of the molecule is C[C@H](NC(=S)NC1CC1)c1ccc(F)c(F)c1. The first-order valence-electron chi connectivity index (χ1n) is 5.58. The maximum Gasteiger partial charge on any atom is 0.166 e. The molecule has 1 aliphatic carbocycles. The van der Waals surface area contributed by atoms with E-state index >= 15 is 0 Å². The number of hydrogen-bond acceptors (Lipinski definition) is 1. The number of benzene rings is 1. The van der Waals surface area contributed by atoms with E-state index in [0.29, 0.717) is 16.7 Å². The zero-order valence-electron chi connectivity index (χ0n) is 9.47. The Hall–Kier alpha value is -1.23. The molecule has 1 fully saturated rings. The Morgan fingerprint density at radius 3 is 2.65 bits per heavy atom. The van der Waals surface area contributed by atoms with Crippen molar-refractivity contribution in [2.75, 3.05) is 0 Å². The quantitative estimate of drug-likeness (QED) is 0.813. The van der Waals surface area contributed by atoms with Crippen molar-refractivity contribution in [3.8, 4) is 0 Å². The molecular weight excluding hydrogens is 242 g/mol. The molecule has 0 spiro atoms. The van der Waals surface area contributed by atoms with E-state index < -0.39 is 11.6 Å². The molecule has 1 aromatic rings. The number of thiocarbonyl (C=S) groups is 1. The Kier molecular flexibility index (Phi) is 3.57. The highest BCUT2D eigenvalue weighted by Gasteiger charge is 2.22. The first-order chi connectivity index (χ1) is 8.06. The third-order valence-electron chi connectivity index (χ3n) is 2.70. The second-order valence-corrected chi connectivity index (χ2v) is 4.70. The summed E-state index contributed by atoms with van der Waals surface area (Å²) in [5.41, 5.74) is 0.670. The Labute approximate surface area is 104 Å². The molecule has 2 N–H and O–H groups in total. The van der Waals surface area contributed by atoms with Crippen molar-refractivity contribution in [2.24, 2.45) is 0 Å². The molecule has 0 amide bonds. The number of hydrogen-bond donors (Lipinski definition) is 2. The van der Waals surface area contributed by atoms with E-state index in [9.17, 15) is 8.78 Å². The average Bonchev–Trinajstić information content (AvgIpc) is 3.05. The van der Waals surface area contributed by atoms with E-state index in [0.717, 1.165) is 18.9 Å². The van der Waals surface area contributed by atoms with Crippen molar-refractivity contribution in [1.82, 2.24) is 10.6 Å². The second kappa shape index (κ2) is 4.96. The Bertz CT molecular complexity index is 433. The fraction of sp³-hybridized carbons (Fsp3) is 0.417. The molecule has 1 aliphatic rings. The standard InChI is InChI=1S/C12H14F2N2S/c1-7(15-12(17)16-9-3-4-9)8-2-5-10(13)11(14)6-8/h2,5-7,9H,3-4H2,1H3,(H2,15,16,17)/t7-/m0/s1. The molecule has 1 atom stereocenters. The summed E-state index contributed by atoms with van der Waals surface area (Å²) in [7, 11) is 0. The topological polar surface area (TPSA) is 24.1 Å². The van der Waals surface area contributed by atoms with Gasteiger partial charge in [0.15, 0.2) is 16.7 Å². The lowest BCUT2D eigenvalue weighted by Gasteiger charge is -2.17. The summed E-state index contributed by atoms with van der Waals surface area (Å²) in [5.74, 6) is -1.67. The Balaban J connectivity index is 1.95. The van der Waals surface area contributed by atoms with Gasteiger partial charge < -0.3 is 10.6 Å². The van der Waals surface area contributed by atoms with Crippen LogP contribution in [0.5, 0.6) is 0 Å². The van der Waals surface area contributed by atoms with Crippen LogP contribution in [-0.2, 0) is 0 Å². The van der Waals surface area contributed by atoms with Gasteiger partial charge in [0.1, 0.15) is 0 Å². The molecule has 0 radical (unpaired) electrons. The summed E-state index contributed by atoms with van der Waals surface area (Å²) in [6.07, 6.45) is 2.28. The van der Waals surface area contributed by atoms with Crippen molar-refractivity contribution in [3.05, 3.63) is 35.4 Å². The van der Waals surface area contributed by atoms with Crippen LogP contribution in [0.15, 0.2) is 18.2 Å². The maximum atomic E-state index is 13.0. The summed E-state index contributed by atoms with van der Waals surface area (Å²) < 4.78 is 25.8. The van der Waals surface area contributed by atoms with Gasteiger partial charge in [-0.15, -0.1) is 0 Å². The normalized spacial score (nSPS) is 16.4. The van der Waals surface area contributed by atoms with Crippen LogP contribution in [0.25, 0.3) is 0 Å². The molecule has 0 unspecified atom stereocenters. The lowest BCUT2D eigenvalue weighted by Crippen LogP contribution is -2.37. The zero-order chi connectivity index (χ0) is 12.4. The van der Waals surface area contributed by atoms with Crippen LogP contribution in [0.2, 0.25) is 0 Å². The highest BCUT2D eigenvalue weighted by atomic mass is 32.1. The first-order valence-corrected chi connectivity index (χ1v) is 5.99. The van der Waals surface area contributed by atoms with Gasteiger partial charge in [-0.05, 0) is 49.7 Å². The van der Waals surface area contributed by atoms with Gasteiger partial charge in [0.25, 0.3) is 0 Å². The lowest BCUT2D eigenvalue weighted by atomic mass is 10.1. The minimum absolute atomic E-state index is 0.149. The molecule has 0 saturated heterocycles. The van der Waals surface area contributed by atoms with E-state index in [-0.39, 0.29) is 6.04 Å². The molecule has 1 saturated carbocycles. The molecule has 2 rings (SSSR count). The van der Waals surface area contributed by atoms with Crippen molar-refractivity contribution in [1.29, 1.82) is 0 Å². The Morgan fingerprint density at radius 2 is 2.06 bits per heavy atom. The minimum Gasteiger partial charge on any atom is -0.360 e. The van der Waals surface area contributed by atoms with Gasteiger partial charge in [0, 0.05) is 6.04 Å². The molecule has 2 nitrogen and oxygen atoms in total. The minimum atomic E-state index is -0.836. The van der Waals surface area contributed by atoms with Crippen molar-refractivity contribution < 1.29 is 8.78 Å². The largest absolute Gasteiger partial charge is 0.360 e. The van der Waals surface area contributed by atoms with E-state index in [1.54, 1.807) is 6.07 Å². The molecule has 0 aromatic heterocycles. The van der Waals surface area contributed by atoms with Crippen LogP contribution < -0.4 is 10.6 Å². The van der Waals surface area contributed by atoms with Gasteiger partial charge in [0.2, 0.25) is 0 Å². The van der Waals surface area contributed by atoms with Crippen LogP contribution in [-0.4, -0.2) is 11.2 Å². The number of halogens is 2. The highest BCUT2D eigenvalue weighted by molar-refractivity contribution is 7.80. The van der Waals surface area contributed by atoms with Crippen LogP contribution in [0.1, 0.15) is 31.4 Å². The molecule has 17 heavy (non-hydrogen) atoms. The molecule has 0 aliphatic heterocycles. The monoisotopic (exact) mass is 256 g/mol. The molecule has 5 heteroatoms. The van der Waals surface area contributed by atoms with E-state index in [1.807, 2.05) is 6.92 Å². The van der Waals surface area contributed by atoms with E-state index in [2.05, 4.69) is 10.6 Å². The first kappa shape index (κ1) is 12.2. The van der Waals surface area contributed by atoms with Gasteiger partial charge in [0.05, 0.1) is 6.04 Å². The van der Waals surface area contributed by atoms with E-state index in [4.69, 9.17) is 12.2 Å². The van der Waals surface area contributed by atoms with Gasteiger partial charge >= 0.3 is 0 Å². The van der Waals surface area contributed by atoms with Crippen molar-refractivity contribution in [2.45, 2.75) is 31.8 Å². The zero-order valence-corrected chi connectivity index (χ0v) is 10.3.